The van der Waals surface area contributed by atoms with Crippen molar-refractivity contribution in [1.29, 1.82) is 0 Å². The Labute approximate surface area is 188 Å². The zero-order chi connectivity index (χ0) is 22.6. The fourth-order valence-corrected chi connectivity index (χ4v) is 5.68. The van der Waals surface area contributed by atoms with Crippen molar-refractivity contribution in [3.05, 3.63) is 66.7 Å². The molecule has 1 aliphatic heterocycles. The molecule has 0 saturated carbocycles. The highest BCUT2D eigenvalue weighted by molar-refractivity contribution is 7.89. The van der Waals surface area contributed by atoms with Crippen LogP contribution in [-0.4, -0.2) is 62.4 Å². The standard InChI is InChI=1S/C24H28FN3O3S/c1-27(32(29,30)24-5-2-4-20-16-26-12-10-23(20)24)17-19-11-14-28(18-19)13-3-15-31-22-8-6-21(25)7-9-22/h2,4-10,12,16,19H,3,11,13-15,17-18H2,1H3. The smallest absolute Gasteiger partial charge is 0.243 e. The first-order valence-electron chi connectivity index (χ1n) is 10.8. The summed E-state index contributed by atoms with van der Waals surface area (Å²) in [7, 11) is -1.92. The molecule has 1 saturated heterocycles. The summed E-state index contributed by atoms with van der Waals surface area (Å²) in [4.78, 5) is 6.76. The summed E-state index contributed by atoms with van der Waals surface area (Å²) in [6, 6.07) is 13.1. The predicted octanol–water partition coefficient (Wildman–Crippen LogP) is 3.79. The zero-order valence-corrected chi connectivity index (χ0v) is 19.0. The van der Waals surface area contributed by atoms with E-state index in [1.54, 1.807) is 49.8 Å². The molecule has 2 heterocycles. The van der Waals surface area contributed by atoms with Crippen LogP contribution in [-0.2, 0) is 10.0 Å². The predicted molar refractivity (Wildman–Crippen MR) is 123 cm³/mol. The molecule has 1 unspecified atom stereocenters. The van der Waals surface area contributed by atoms with Crippen molar-refractivity contribution in [2.24, 2.45) is 5.92 Å². The van der Waals surface area contributed by atoms with Gasteiger partial charge in [0.05, 0.1) is 11.5 Å². The number of sulfonamides is 1. The Bertz CT molecular complexity index is 1150. The van der Waals surface area contributed by atoms with Gasteiger partial charge in [-0.05, 0) is 61.7 Å². The third kappa shape index (κ3) is 5.26. The summed E-state index contributed by atoms with van der Waals surface area (Å²) in [5, 5.41) is 1.51. The van der Waals surface area contributed by atoms with Crippen LogP contribution >= 0.6 is 0 Å². The first-order chi connectivity index (χ1) is 15.4. The van der Waals surface area contributed by atoms with Crippen LogP contribution in [0.4, 0.5) is 4.39 Å². The third-order valence-electron chi connectivity index (χ3n) is 5.92. The first-order valence-corrected chi connectivity index (χ1v) is 12.3. The second-order valence-electron chi connectivity index (χ2n) is 8.25. The fraction of sp³-hybridized carbons (Fsp3) is 0.375. The lowest BCUT2D eigenvalue weighted by atomic mass is 10.1. The molecule has 0 bridgehead atoms. The second-order valence-corrected chi connectivity index (χ2v) is 10.3. The summed E-state index contributed by atoms with van der Waals surface area (Å²) >= 11 is 0. The van der Waals surface area contributed by atoms with Crippen molar-refractivity contribution in [2.45, 2.75) is 17.7 Å². The average Bonchev–Trinajstić information content (AvgIpc) is 3.24. The van der Waals surface area contributed by atoms with Crippen molar-refractivity contribution in [2.75, 3.05) is 39.8 Å². The molecule has 4 rings (SSSR count). The number of ether oxygens (including phenoxy) is 1. The number of rotatable bonds is 9. The minimum atomic E-state index is -3.58. The number of pyridine rings is 1. The first kappa shape index (κ1) is 22.6. The van der Waals surface area contributed by atoms with Gasteiger partial charge in [-0.15, -0.1) is 0 Å². The van der Waals surface area contributed by atoms with Crippen molar-refractivity contribution in [1.82, 2.24) is 14.2 Å². The summed E-state index contributed by atoms with van der Waals surface area (Å²) in [6.45, 7) is 3.78. The number of fused-ring (bicyclic) bond motifs is 1. The van der Waals surface area contributed by atoms with E-state index < -0.39 is 10.0 Å². The number of aromatic nitrogens is 1. The molecule has 170 valence electrons. The van der Waals surface area contributed by atoms with Crippen LogP contribution in [0.5, 0.6) is 5.75 Å². The Morgan fingerprint density at radius 3 is 2.81 bits per heavy atom. The van der Waals surface area contributed by atoms with E-state index in [9.17, 15) is 12.8 Å². The highest BCUT2D eigenvalue weighted by atomic mass is 32.2. The molecular formula is C24H28FN3O3S. The van der Waals surface area contributed by atoms with Crippen molar-refractivity contribution in [3.63, 3.8) is 0 Å². The zero-order valence-electron chi connectivity index (χ0n) is 18.2. The Kier molecular flexibility index (Phi) is 7.03. The number of halogens is 1. The van der Waals surface area contributed by atoms with Gasteiger partial charge >= 0.3 is 0 Å². The highest BCUT2D eigenvalue weighted by Gasteiger charge is 2.29. The topological polar surface area (TPSA) is 62.7 Å². The van der Waals surface area contributed by atoms with E-state index in [1.807, 2.05) is 6.07 Å². The molecule has 0 amide bonds. The van der Waals surface area contributed by atoms with Crippen molar-refractivity contribution in [3.8, 4) is 5.75 Å². The van der Waals surface area contributed by atoms with Gasteiger partial charge in [-0.2, -0.15) is 0 Å². The summed E-state index contributed by atoms with van der Waals surface area (Å²) < 4.78 is 46.5. The molecule has 2 aromatic carbocycles. The number of benzene rings is 2. The van der Waals surface area contributed by atoms with E-state index in [-0.39, 0.29) is 5.82 Å². The molecule has 1 aliphatic rings. The van der Waals surface area contributed by atoms with Crippen LogP contribution in [0.25, 0.3) is 10.8 Å². The molecule has 1 aromatic heterocycles. The molecule has 6 nitrogen and oxygen atoms in total. The largest absolute Gasteiger partial charge is 0.494 e. The number of hydrogen-bond acceptors (Lipinski definition) is 5. The van der Waals surface area contributed by atoms with Crippen LogP contribution in [0.15, 0.2) is 65.8 Å². The van der Waals surface area contributed by atoms with Crippen molar-refractivity contribution < 1.29 is 17.5 Å². The van der Waals surface area contributed by atoms with Crippen molar-refractivity contribution >= 4 is 20.8 Å². The van der Waals surface area contributed by atoms with Crippen LogP contribution in [0, 0.1) is 11.7 Å². The number of likely N-dealkylation sites (tertiary alicyclic amines) is 1. The SMILES string of the molecule is CN(CC1CCN(CCCOc2ccc(F)cc2)C1)S(=O)(=O)c1cccc2cnccc12. The van der Waals surface area contributed by atoms with Gasteiger partial charge in [-0.1, -0.05) is 12.1 Å². The monoisotopic (exact) mass is 457 g/mol. The Hall–Kier alpha value is -2.55. The molecule has 0 radical (unpaired) electrons. The highest BCUT2D eigenvalue weighted by Crippen LogP contribution is 2.26. The average molecular weight is 458 g/mol. The van der Waals surface area contributed by atoms with Gasteiger partial charge in [-0.25, -0.2) is 17.1 Å². The second kappa shape index (κ2) is 9.94. The molecule has 0 spiro atoms. The van der Waals surface area contributed by atoms with E-state index in [4.69, 9.17) is 4.74 Å². The van der Waals surface area contributed by atoms with Gasteiger partial charge in [0.25, 0.3) is 0 Å². The van der Waals surface area contributed by atoms with Gasteiger partial charge in [-0.3, -0.25) is 4.98 Å². The minimum absolute atomic E-state index is 0.273. The summed E-state index contributed by atoms with van der Waals surface area (Å²) in [5.41, 5.74) is 0. The van der Waals surface area contributed by atoms with E-state index in [0.717, 1.165) is 37.9 Å². The van der Waals surface area contributed by atoms with E-state index in [0.29, 0.717) is 35.1 Å². The lowest BCUT2D eigenvalue weighted by molar-refractivity contribution is 0.255. The van der Waals surface area contributed by atoms with E-state index in [1.165, 1.54) is 16.4 Å². The lowest BCUT2D eigenvalue weighted by Crippen LogP contribution is -2.33. The molecular weight excluding hydrogens is 429 g/mol. The maximum atomic E-state index is 13.2. The van der Waals surface area contributed by atoms with Gasteiger partial charge in [0.2, 0.25) is 10.0 Å². The number of nitrogens with zero attached hydrogens (tertiary/aromatic N) is 3. The third-order valence-corrected chi connectivity index (χ3v) is 7.80. The van der Waals surface area contributed by atoms with Crippen LogP contribution in [0.1, 0.15) is 12.8 Å². The Balaban J connectivity index is 1.27. The lowest BCUT2D eigenvalue weighted by Gasteiger charge is -2.22. The molecule has 0 N–H and O–H groups in total. The molecule has 8 heteroatoms. The quantitative estimate of drug-likeness (QED) is 0.458. The fourth-order valence-electron chi connectivity index (χ4n) is 4.22. The van der Waals surface area contributed by atoms with E-state index >= 15 is 0 Å². The van der Waals surface area contributed by atoms with Gasteiger partial charge in [0.1, 0.15) is 11.6 Å². The molecule has 1 fully saturated rings. The minimum Gasteiger partial charge on any atom is -0.494 e. The Morgan fingerprint density at radius 2 is 2.00 bits per heavy atom. The van der Waals surface area contributed by atoms with Gasteiger partial charge in [0, 0.05) is 49.8 Å². The maximum absolute atomic E-state index is 13.2. The molecule has 0 aliphatic carbocycles. The van der Waals surface area contributed by atoms with Gasteiger partial charge < -0.3 is 9.64 Å². The normalized spacial score (nSPS) is 17.3. The number of hydrogen-bond donors (Lipinski definition) is 0. The maximum Gasteiger partial charge on any atom is 0.243 e. The van der Waals surface area contributed by atoms with Gasteiger partial charge in [0.15, 0.2) is 0 Å². The molecule has 1 atom stereocenters. The van der Waals surface area contributed by atoms with Crippen LogP contribution in [0.2, 0.25) is 0 Å². The van der Waals surface area contributed by atoms with Crippen LogP contribution in [0.3, 0.4) is 0 Å². The molecule has 3 aromatic rings. The van der Waals surface area contributed by atoms with Crippen LogP contribution < -0.4 is 4.74 Å². The molecule has 32 heavy (non-hydrogen) atoms. The summed E-state index contributed by atoms with van der Waals surface area (Å²) in [5.74, 6) is 0.691. The summed E-state index contributed by atoms with van der Waals surface area (Å²) in [6.07, 6.45) is 5.14. The Morgan fingerprint density at radius 1 is 1.19 bits per heavy atom. The van der Waals surface area contributed by atoms with E-state index in [2.05, 4.69) is 9.88 Å².